The standard InChI is InChI=1S/C25H30N4O3S/c1-27-10-11-28(17-24(27)30)16-21-18-33-25(26-21)29(14-19-6-4-8-22(12-19)31-2)15-20-7-5-9-23(13-20)32-3/h4-9,12-13,18H,10-11,14-17H2,1-3H3. The summed E-state index contributed by atoms with van der Waals surface area (Å²) in [4.78, 5) is 23.2. The van der Waals surface area contributed by atoms with Crippen LogP contribution in [0.15, 0.2) is 53.9 Å². The highest BCUT2D eigenvalue weighted by Crippen LogP contribution is 2.27. The molecule has 0 unspecified atom stereocenters. The summed E-state index contributed by atoms with van der Waals surface area (Å²) >= 11 is 1.64. The lowest BCUT2D eigenvalue weighted by atomic mass is 10.1. The van der Waals surface area contributed by atoms with Gasteiger partial charge in [-0.3, -0.25) is 9.69 Å². The summed E-state index contributed by atoms with van der Waals surface area (Å²) in [6, 6.07) is 16.2. The molecule has 3 aromatic rings. The molecule has 1 aliphatic rings. The van der Waals surface area contributed by atoms with Crippen molar-refractivity contribution in [3.05, 3.63) is 70.7 Å². The van der Waals surface area contributed by atoms with Gasteiger partial charge in [-0.15, -0.1) is 11.3 Å². The Bertz CT molecular complexity index is 1040. The average molecular weight is 467 g/mol. The Balaban J connectivity index is 1.54. The van der Waals surface area contributed by atoms with E-state index >= 15 is 0 Å². The van der Waals surface area contributed by atoms with Crippen molar-refractivity contribution in [1.82, 2.24) is 14.8 Å². The fourth-order valence-electron chi connectivity index (χ4n) is 3.86. The molecule has 0 atom stereocenters. The van der Waals surface area contributed by atoms with Gasteiger partial charge < -0.3 is 19.3 Å². The lowest BCUT2D eigenvalue weighted by molar-refractivity contribution is -0.134. The highest BCUT2D eigenvalue weighted by molar-refractivity contribution is 7.13. The van der Waals surface area contributed by atoms with E-state index in [0.717, 1.165) is 46.5 Å². The monoisotopic (exact) mass is 466 g/mol. The zero-order chi connectivity index (χ0) is 23.2. The molecule has 4 rings (SSSR count). The Labute approximate surface area is 199 Å². The Kier molecular flexibility index (Phi) is 7.47. The molecule has 1 saturated heterocycles. The van der Waals surface area contributed by atoms with Gasteiger partial charge in [-0.1, -0.05) is 24.3 Å². The number of hydrogen-bond acceptors (Lipinski definition) is 7. The predicted octanol–water partition coefficient (Wildman–Crippen LogP) is 3.64. The van der Waals surface area contributed by atoms with E-state index in [1.165, 1.54) is 0 Å². The second kappa shape index (κ2) is 10.7. The summed E-state index contributed by atoms with van der Waals surface area (Å²) in [6.07, 6.45) is 0. The molecule has 0 saturated carbocycles. The first kappa shape index (κ1) is 23.1. The van der Waals surface area contributed by atoms with Gasteiger partial charge >= 0.3 is 0 Å². The molecular weight excluding hydrogens is 436 g/mol. The first-order valence-corrected chi connectivity index (χ1v) is 11.8. The molecule has 0 radical (unpaired) electrons. The third kappa shape index (κ3) is 6.03. The lowest BCUT2D eigenvalue weighted by Crippen LogP contribution is -2.48. The van der Waals surface area contributed by atoms with Gasteiger partial charge in [0.2, 0.25) is 5.91 Å². The van der Waals surface area contributed by atoms with Crippen molar-refractivity contribution in [2.45, 2.75) is 19.6 Å². The van der Waals surface area contributed by atoms with Crippen LogP contribution in [0.25, 0.3) is 0 Å². The fourth-order valence-corrected chi connectivity index (χ4v) is 4.68. The smallest absolute Gasteiger partial charge is 0.236 e. The second-order valence-corrected chi connectivity index (χ2v) is 9.04. The average Bonchev–Trinajstić information content (AvgIpc) is 3.30. The van der Waals surface area contributed by atoms with Gasteiger partial charge in [0.05, 0.1) is 26.5 Å². The van der Waals surface area contributed by atoms with Gasteiger partial charge in [-0.25, -0.2) is 4.98 Å². The number of benzene rings is 2. The van der Waals surface area contributed by atoms with E-state index in [9.17, 15) is 4.79 Å². The van der Waals surface area contributed by atoms with Gasteiger partial charge in [0.1, 0.15) is 11.5 Å². The van der Waals surface area contributed by atoms with Crippen LogP contribution >= 0.6 is 11.3 Å². The molecule has 0 N–H and O–H groups in total. The molecule has 2 heterocycles. The van der Waals surface area contributed by atoms with Crippen molar-refractivity contribution < 1.29 is 14.3 Å². The maximum Gasteiger partial charge on any atom is 0.236 e. The van der Waals surface area contributed by atoms with Crippen LogP contribution in [0, 0.1) is 0 Å². The molecule has 8 heteroatoms. The second-order valence-electron chi connectivity index (χ2n) is 8.21. The number of carbonyl (C=O) groups excluding carboxylic acids is 1. The molecule has 1 fully saturated rings. The highest BCUT2D eigenvalue weighted by Gasteiger charge is 2.22. The van der Waals surface area contributed by atoms with E-state index in [2.05, 4.69) is 39.4 Å². The van der Waals surface area contributed by atoms with Crippen LogP contribution in [-0.2, 0) is 24.4 Å². The number of hydrogen-bond donors (Lipinski definition) is 0. The van der Waals surface area contributed by atoms with Crippen molar-refractivity contribution in [1.29, 1.82) is 0 Å². The summed E-state index contributed by atoms with van der Waals surface area (Å²) in [6.45, 7) is 4.16. The first-order chi connectivity index (χ1) is 16.0. The van der Waals surface area contributed by atoms with E-state index in [1.807, 2.05) is 31.3 Å². The third-order valence-electron chi connectivity index (χ3n) is 5.75. The van der Waals surface area contributed by atoms with Crippen LogP contribution in [0.1, 0.15) is 16.8 Å². The first-order valence-electron chi connectivity index (χ1n) is 11.0. The van der Waals surface area contributed by atoms with Crippen LogP contribution in [-0.4, -0.2) is 61.6 Å². The highest BCUT2D eigenvalue weighted by atomic mass is 32.1. The van der Waals surface area contributed by atoms with Gasteiger partial charge in [0, 0.05) is 45.2 Å². The summed E-state index contributed by atoms with van der Waals surface area (Å²) in [5, 5.41) is 3.05. The lowest BCUT2D eigenvalue weighted by Gasteiger charge is -2.31. The molecule has 1 aromatic heterocycles. The van der Waals surface area contributed by atoms with Crippen molar-refractivity contribution in [3.8, 4) is 11.5 Å². The Hall–Kier alpha value is -3.10. The summed E-state index contributed by atoms with van der Waals surface area (Å²) in [5.74, 6) is 1.84. The van der Waals surface area contributed by atoms with Crippen molar-refractivity contribution in [2.75, 3.05) is 45.8 Å². The van der Waals surface area contributed by atoms with Gasteiger partial charge in [-0.05, 0) is 35.4 Å². The molecular formula is C25H30N4O3S. The van der Waals surface area contributed by atoms with E-state index in [-0.39, 0.29) is 5.91 Å². The number of thiazole rings is 1. The molecule has 174 valence electrons. The minimum absolute atomic E-state index is 0.161. The number of aromatic nitrogens is 1. The molecule has 7 nitrogen and oxygen atoms in total. The summed E-state index contributed by atoms with van der Waals surface area (Å²) in [5.41, 5.74) is 3.30. The Morgan fingerprint density at radius 2 is 1.64 bits per heavy atom. The minimum atomic E-state index is 0.161. The van der Waals surface area contributed by atoms with Crippen LogP contribution in [0.2, 0.25) is 0 Å². The van der Waals surface area contributed by atoms with Gasteiger partial charge in [0.15, 0.2) is 5.13 Å². The maximum absolute atomic E-state index is 12.1. The number of likely N-dealkylation sites (N-methyl/N-ethyl adjacent to an activating group) is 1. The molecule has 0 bridgehead atoms. The number of piperazine rings is 1. The van der Waals surface area contributed by atoms with Crippen molar-refractivity contribution in [2.24, 2.45) is 0 Å². The summed E-state index contributed by atoms with van der Waals surface area (Å²) < 4.78 is 10.8. The number of nitrogens with zero attached hydrogens (tertiary/aromatic N) is 4. The number of amides is 1. The number of anilines is 1. The molecule has 1 aliphatic heterocycles. The van der Waals surface area contributed by atoms with Crippen LogP contribution in [0.4, 0.5) is 5.13 Å². The van der Waals surface area contributed by atoms with Crippen LogP contribution in [0.3, 0.4) is 0 Å². The number of rotatable bonds is 9. The molecule has 2 aromatic carbocycles. The largest absolute Gasteiger partial charge is 0.497 e. The summed E-state index contributed by atoms with van der Waals surface area (Å²) in [7, 11) is 5.22. The SMILES string of the molecule is COc1cccc(CN(Cc2cccc(OC)c2)c2nc(CN3CCN(C)C(=O)C3)cs2)c1. The van der Waals surface area contributed by atoms with Gasteiger partial charge in [0.25, 0.3) is 0 Å². The molecule has 1 amide bonds. The molecule has 0 aliphatic carbocycles. The molecule has 33 heavy (non-hydrogen) atoms. The molecule has 0 spiro atoms. The number of methoxy groups -OCH3 is 2. The van der Waals surface area contributed by atoms with Crippen LogP contribution in [0.5, 0.6) is 11.5 Å². The maximum atomic E-state index is 12.1. The zero-order valence-electron chi connectivity index (χ0n) is 19.4. The number of ether oxygens (including phenoxy) is 2. The Morgan fingerprint density at radius 1 is 1.00 bits per heavy atom. The van der Waals surface area contributed by atoms with Crippen molar-refractivity contribution >= 4 is 22.4 Å². The topological polar surface area (TPSA) is 58.1 Å². The minimum Gasteiger partial charge on any atom is -0.497 e. The predicted molar refractivity (Wildman–Crippen MR) is 131 cm³/mol. The van der Waals surface area contributed by atoms with E-state index < -0.39 is 0 Å². The fraction of sp³-hybridized carbons (Fsp3) is 0.360. The van der Waals surface area contributed by atoms with E-state index in [4.69, 9.17) is 14.5 Å². The normalized spacial score (nSPS) is 14.4. The van der Waals surface area contributed by atoms with Crippen LogP contribution < -0.4 is 14.4 Å². The Morgan fingerprint density at radius 3 is 2.21 bits per heavy atom. The van der Waals surface area contributed by atoms with Crippen molar-refractivity contribution in [3.63, 3.8) is 0 Å². The number of carbonyl (C=O) groups is 1. The third-order valence-corrected chi connectivity index (χ3v) is 6.70. The van der Waals surface area contributed by atoms with E-state index in [1.54, 1.807) is 30.5 Å². The quantitative estimate of drug-likeness (QED) is 0.480. The van der Waals surface area contributed by atoms with E-state index in [0.29, 0.717) is 26.2 Å². The van der Waals surface area contributed by atoms with Gasteiger partial charge in [-0.2, -0.15) is 0 Å². The zero-order valence-corrected chi connectivity index (χ0v) is 20.2.